The van der Waals surface area contributed by atoms with Crippen LogP contribution in [0.2, 0.25) is 0 Å². The number of anilines is 3. The molecular formula is C59H59NO. The van der Waals surface area contributed by atoms with Gasteiger partial charge in [0.1, 0.15) is 5.58 Å². The molecule has 0 spiro atoms. The molecule has 2 nitrogen and oxygen atoms in total. The summed E-state index contributed by atoms with van der Waals surface area (Å²) in [5, 5.41) is 2.29. The van der Waals surface area contributed by atoms with Crippen molar-refractivity contribution in [2.75, 3.05) is 4.90 Å². The van der Waals surface area contributed by atoms with Crippen molar-refractivity contribution in [3.63, 3.8) is 0 Å². The lowest BCUT2D eigenvalue weighted by atomic mass is 9.79. The molecule has 0 amide bonds. The summed E-state index contributed by atoms with van der Waals surface area (Å²) in [5.41, 5.74) is 22.0. The Labute approximate surface area is 363 Å². The number of fused-ring (bicyclic) bond motifs is 9. The van der Waals surface area contributed by atoms with Gasteiger partial charge in [-0.1, -0.05) is 180 Å². The minimum Gasteiger partial charge on any atom is -0.454 e. The maximum Gasteiger partial charge on any atom is 0.159 e. The quantitative estimate of drug-likeness (QED) is 0.172. The summed E-state index contributed by atoms with van der Waals surface area (Å²) in [7, 11) is 0. The van der Waals surface area contributed by atoms with Gasteiger partial charge in [-0.05, 0) is 125 Å². The predicted octanol–water partition coefficient (Wildman–Crippen LogP) is 17.1. The summed E-state index contributed by atoms with van der Waals surface area (Å²) in [6, 6.07) is 51.0. The van der Waals surface area contributed by atoms with Gasteiger partial charge in [0.25, 0.3) is 0 Å². The molecule has 2 aliphatic carbocycles. The van der Waals surface area contributed by atoms with Crippen LogP contribution in [0.5, 0.6) is 0 Å². The second-order valence-corrected chi connectivity index (χ2v) is 21.3. The van der Waals surface area contributed by atoms with E-state index in [1.54, 1.807) is 0 Å². The first-order chi connectivity index (χ1) is 28.8. The highest BCUT2D eigenvalue weighted by Gasteiger charge is 2.39. The fourth-order valence-corrected chi connectivity index (χ4v) is 10.4. The van der Waals surface area contributed by atoms with E-state index in [0.29, 0.717) is 5.92 Å². The van der Waals surface area contributed by atoms with Crippen LogP contribution in [0.1, 0.15) is 128 Å². The first kappa shape index (κ1) is 39.3. The van der Waals surface area contributed by atoms with Gasteiger partial charge in [-0.15, -0.1) is 0 Å². The van der Waals surface area contributed by atoms with E-state index in [0.717, 1.165) is 39.0 Å². The molecule has 0 saturated carbocycles. The number of para-hydroxylation sites is 1. The molecule has 0 saturated heterocycles. The van der Waals surface area contributed by atoms with Crippen LogP contribution in [0.3, 0.4) is 0 Å². The van der Waals surface area contributed by atoms with E-state index >= 15 is 0 Å². The van der Waals surface area contributed by atoms with E-state index in [4.69, 9.17) is 4.42 Å². The van der Waals surface area contributed by atoms with Crippen LogP contribution >= 0.6 is 0 Å². The molecule has 10 rings (SSSR count). The van der Waals surface area contributed by atoms with Crippen molar-refractivity contribution in [3.8, 4) is 33.4 Å². The van der Waals surface area contributed by atoms with Gasteiger partial charge in [0.15, 0.2) is 5.58 Å². The number of hydrogen-bond acceptors (Lipinski definition) is 2. The van der Waals surface area contributed by atoms with Crippen molar-refractivity contribution in [1.82, 2.24) is 0 Å². The Balaban J connectivity index is 1.26. The normalized spacial score (nSPS) is 15.0. The zero-order valence-electron chi connectivity index (χ0n) is 38.1. The van der Waals surface area contributed by atoms with Gasteiger partial charge in [-0.3, -0.25) is 0 Å². The minimum absolute atomic E-state index is 0.0638. The van der Waals surface area contributed by atoms with Gasteiger partial charge in [-0.25, -0.2) is 0 Å². The van der Waals surface area contributed by atoms with Gasteiger partial charge in [0.05, 0.1) is 5.69 Å². The van der Waals surface area contributed by atoms with Crippen molar-refractivity contribution in [1.29, 1.82) is 0 Å². The molecule has 0 radical (unpaired) electrons. The average Bonchev–Trinajstić information content (AvgIpc) is 3.80. The van der Waals surface area contributed by atoms with E-state index in [1.807, 2.05) is 0 Å². The van der Waals surface area contributed by atoms with Gasteiger partial charge < -0.3 is 9.32 Å². The Morgan fingerprint density at radius 3 is 1.61 bits per heavy atom. The zero-order valence-corrected chi connectivity index (χ0v) is 38.1. The second-order valence-electron chi connectivity index (χ2n) is 21.3. The fourth-order valence-electron chi connectivity index (χ4n) is 10.4. The van der Waals surface area contributed by atoms with Crippen LogP contribution in [0.4, 0.5) is 17.1 Å². The molecule has 306 valence electrons. The summed E-state index contributed by atoms with van der Waals surface area (Å²) < 4.78 is 7.23. The highest BCUT2D eigenvalue weighted by atomic mass is 16.3. The summed E-state index contributed by atoms with van der Waals surface area (Å²) >= 11 is 0. The largest absolute Gasteiger partial charge is 0.454 e. The van der Waals surface area contributed by atoms with Gasteiger partial charge >= 0.3 is 0 Å². The molecule has 0 bridgehead atoms. The first-order valence-corrected chi connectivity index (χ1v) is 22.3. The lowest BCUT2D eigenvalue weighted by Crippen LogP contribution is -2.19. The van der Waals surface area contributed by atoms with Gasteiger partial charge in [0.2, 0.25) is 0 Å². The number of hydrogen-bond donors (Lipinski definition) is 0. The van der Waals surface area contributed by atoms with Crippen molar-refractivity contribution in [2.24, 2.45) is 0 Å². The highest BCUT2D eigenvalue weighted by Crippen LogP contribution is 2.55. The molecule has 0 atom stereocenters. The lowest BCUT2D eigenvalue weighted by Gasteiger charge is -2.30. The number of benzene rings is 7. The van der Waals surface area contributed by atoms with E-state index < -0.39 is 0 Å². The third-order valence-corrected chi connectivity index (χ3v) is 14.2. The SMILES string of the molecule is CC(C)c1cccc2c1oc1c(N(c3ccc4c(c3)C(C)(C)c3ccccc3-4)c3ccc4c(c3)C(C)(C)c3cc(C(C)(C)C)ccc3-4)cc(-c3ccc(C(C)(C)C)cc3)cc12. The monoisotopic (exact) mass is 797 g/mol. The Morgan fingerprint density at radius 2 is 1.00 bits per heavy atom. The molecule has 2 aliphatic rings. The van der Waals surface area contributed by atoms with Crippen molar-refractivity contribution in [3.05, 3.63) is 172 Å². The third kappa shape index (κ3) is 6.04. The zero-order chi connectivity index (χ0) is 43.0. The molecule has 0 fully saturated rings. The Hall–Kier alpha value is -5.86. The molecule has 8 aromatic rings. The predicted molar refractivity (Wildman–Crippen MR) is 260 cm³/mol. The molecule has 1 aromatic heterocycles. The van der Waals surface area contributed by atoms with Crippen LogP contribution in [-0.4, -0.2) is 0 Å². The maximum absolute atomic E-state index is 7.23. The van der Waals surface area contributed by atoms with Crippen LogP contribution in [0.15, 0.2) is 138 Å². The number of rotatable bonds is 5. The Bertz CT molecular complexity index is 3060. The highest BCUT2D eigenvalue weighted by molar-refractivity contribution is 6.13. The second kappa shape index (κ2) is 13.3. The molecule has 1 heterocycles. The summed E-state index contributed by atoms with van der Waals surface area (Å²) in [6.07, 6.45) is 0. The van der Waals surface area contributed by atoms with Crippen LogP contribution in [-0.2, 0) is 21.7 Å². The van der Waals surface area contributed by atoms with Crippen molar-refractivity contribution in [2.45, 2.75) is 111 Å². The average molecular weight is 798 g/mol. The third-order valence-electron chi connectivity index (χ3n) is 14.2. The van der Waals surface area contributed by atoms with Crippen LogP contribution in [0.25, 0.3) is 55.3 Å². The molecule has 0 N–H and O–H groups in total. The molecule has 0 unspecified atom stereocenters. The Morgan fingerprint density at radius 1 is 0.459 bits per heavy atom. The van der Waals surface area contributed by atoms with Crippen molar-refractivity contribution < 1.29 is 4.42 Å². The molecule has 7 aromatic carbocycles. The van der Waals surface area contributed by atoms with E-state index in [9.17, 15) is 0 Å². The summed E-state index contributed by atoms with van der Waals surface area (Å²) in [6.45, 7) is 27.9. The number of nitrogens with zero attached hydrogens (tertiary/aromatic N) is 1. The molecular weight excluding hydrogens is 739 g/mol. The lowest BCUT2D eigenvalue weighted by molar-refractivity contribution is 0.584. The number of furan rings is 1. The maximum atomic E-state index is 7.23. The summed E-state index contributed by atoms with van der Waals surface area (Å²) in [4.78, 5) is 2.49. The van der Waals surface area contributed by atoms with Gasteiger partial charge in [0, 0.05) is 33.0 Å². The summed E-state index contributed by atoms with van der Waals surface area (Å²) in [5.74, 6) is 0.313. The Kier molecular flexibility index (Phi) is 8.58. The standard InChI is InChI=1S/C59H59NO/c1-35(2)42-17-15-18-47-48-30-37(36-20-22-38(23-21-36)56(3,4)5)31-53(55(48)61-54(42)47)60(40-25-28-45-43-16-13-14-19-49(43)58(9,10)51(45)33-40)41-26-29-46-44-27-24-39(57(6,7)8)32-50(44)59(11,12)52(46)34-41/h13-35H,1-12H3. The molecule has 0 aliphatic heterocycles. The minimum atomic E-state index is -0.188. The topological polar surface area (TPSA) is 16.4 Å². The van der Waals surface area contributed by atoms with E-state index in [-0.39, 0.29) is 21.7 Å². The van der Waals surface area contributed by atoms with Crippen molar-refractivity contribution >= 4 is 39.0 Å². The van der Waals surface area contributed by atoms with Gasteiger partial charge in [-0.2, -0.15) is 0 Å². The smallest absolute Gasteiger partial charge is 0.159 e. The molecule has 2 heteroatoms. The van der Waals surface area contributed by atoms with E-state index in [2.05, 4.69) is 221 Å². The van der Waals surface area contributed by atoms with Crippen LogP contribution in [0, 0.1) is 0 Å². The van der Waals surface area contributed by atoms with Crippen LogP contribution < -0.4 is 4.90 Å². The van der Waals surface area contributed by atoms with E-state index in [1.165, 1.54) is 72.3 Å². The first-order valence-electron chi connectivity index (χ1n) is 22.3. The fraction of sp³-hybridized carbons (Fsp3) is 0.288. The molecule has 61 heavy (non-hydrogen) atoms.